The number of fused-ring (bicyclic) bond motifs is 1. The highest BCUT2D eigenvalue weighted by Gasteiger charge is 2.24. The molecule has 5 heteroatoms. The molecule has 0 saturated carbocycles. The number of carbonyl (C=O) groups excluding carboxylic acids is 1. The maximum absolute atomic E-state index is 13.1. The number of hydrogen-bond acceptors (Lipinski definition) is 2. The number of rotatable bonds is 6. The third-order valence-electron chi connectivity index (χ3n) is 5.21. The molecule has 142 valence electrons. The van der Waals surface area contributed by atoms with E-state index >= 15 is 0 Å². The predicted octanol–water partition coefficient (Wildman–Crippen LogP) is 4.14. The van der Waals surface area contributed by atoms with Gasteiger partial charge < -0.3 is 10.4 Å². The SMILES string of the molecule is C[C@H](NC(=O)C[C@@H](C(=O)O)c1ccc(F)cc1)c1ccc2c(c1)CCCC2. The Kier molecular flexibility index (Phi) is 5.89. The molecule has 1 amide bonds. The Balaban J connectivity index is 1.66. The molecule has 0 aromatic heterocycles. The van der Waals surface area contributed by atoms with E-state index in [-0.39, 0.29) is 18.4 Å². The normalized spacial score (nSPS) is 15.5. The van der Waals surface area contributed by atoms with Crippen LogP contribution >= 0.6 is 0 Å². The van der Waals surface area contributed by atoms with Gasteiger partial charge in [0, 0.05) is 6.42 Å². The average Bonchev–Trinajstić information content (AvgIpc) is 2.66. The van der Waals surface area contributed by atoms with E-state index < -0.39 is 17.7 Å². The maximum Gasteiger partial charge on any atom is 0.311 e. The molecule has 0 bridgehead atoms. The molecule has 4 nitrogen and oxygen atoms in total. The number of aliphatic carboxylic acids is 1. The fraction of sp³-hybridized carbons (Fsp3) is 0.364. The van der Waals surface area contributed by atoms with Crippen molar-refractivity contribution in [1.29, 1.82) is 0 Å². The Morgan fingerprint density at radius 2 is 1.67 bits per heavy atom. The van der Waals surface area contributed by atoms with Gasteiger partial charge in [-0.05, 0) is 67.0 Å². The van der Waals surface area contributed by atoms with Crippen LogP contribution in [-0.4, -0.2) is 17.0 Å². The van der Waals surface area contributed by atoms with Crippen LogP contribution in [0.1, 0.15) is 60.4 Å². The summed E-state index contributed by atoms with van der Waals surface area (Å²) in [5, 5.41) is 12.3. The molecule has 2 atom stereocenters. The number of carboxylic acids is 1. The van der Waals surface area contributed by atoms with Gasteiger partial charge in [0.2, 0.25) is 5.91 Å². The molecule has 3 rings (SSSR count). The van der Waals surface area contributed by atoms with Crippen LogP contribution in [0.15, 0.2) is 42.5 Å². The van der Waals surface area contributed by atoms with Gasteiger partial charge in [-0.15, -0.1) is 0 Å². The lowest BCUT2D eigenvalue weighted by Gasteiger charge is -2.21. The smallest absolute Gasteiger partial charge is 0.311 e. The molecular weight excluding hydrogens is 345 g/mol. The summed E-state index contributed by atoms with van der Waals surface area (Å²) in [7, 11) is 0. The average molecular weight is 369 g/mol. The molecule has 1 aliphatic rings. The number of nitrogens with one attached hydrogen (secondary N) is 1. The molecule has 0 aliphatic heterocycles. The predicted molar refractivity (Wildman–Crippen MR) is 101 cm³/mol. The van der Waals surface area contributed by atoms with Crippen molar-refractivity contribution in [3.8, 4) is 0 Å². The fourth-order valence-electron chi connectivity index (χ4n) is 3.63. The second-order valence-corrected chi connectivity index (χ2v) is 7.17. The van der Waals surface area contributed by atoms with Crippen molar-refractivity contribution in [2.75, 3.05) is 0 Å². The van der Waals surface area contributed by atoms with Gasteiger partial charge >= 0.3 is 5.97 Å². The van der Waals surface area contributed by atoms with Crippen LogP contribution < -0.4 is 5.32 Å². The number of aryl methyl sites for hydroxylation is 2. The van der Waals surface area contributed by atoms with E-state index in [0.29, 0.717) is 5.56 Å². The van der Waals surface area contributed by atoms with Crippen molar-refractivity contribution in [3.05, 3.63) is 70.5 Å². The van der Waals surface area contributed by atoms with E-state index in [1.165, 1.54) is 48.2 Å². The topological polar surface area (TPSA) is 66.4 Å². The molecule has 0 unspecified atom stereocenters. The fourth-order valence-corrected chi connectivity index (χ4v) is 3.63. The van der Waals surface area contributed by atoms with E-state index in [1.807, 2.05) is 13.0 Å². The maximum atomic E-state index is 13.1. The minimum Gasteiger partial charge on any atom is -0.481 e. The Hall–Kier alpha value is -2.69. The quantitative estimate of drug-likeness (QED) is 0.804. The highest BCUT2D eigenvalue weighted by Crippen LogP contribution is 2.25. The standard InChI is InChI=1S/C22H24FNO3/c1-14(17-7-6-15-4-2-3-5-18(15)12-17)24-21(25)13-20(22(26)27)16-8-10-19(23)11-9-16/h6-12,14,20H,2-5,13H2,1H3,(H,24,25)(H,26,27)/t14-,20+/m0/s1. The van der Waals surface area contributed by atoms with Crippen LogP contribution in [0.5, 0.6) is 0 Å². The zero-order chi connectivity index (χ0) is 19.4. The number of benzene rings is 2. The van der Waals surface area contributed by atoms with E-state index in [2.05, 4.69) is 17.4 Å². The van der Waals surface area contributed by atoms with Crippen LogP contribution in [0.2, 0.25) is 0 Å². The minimum atomic E-state index is -1.10. The lowest BCUT2D eigenvalue weighted by atomic mass is 9.89. The number of amides is 1. The van der Waals surface area contributed by atoms with E-state index in [4.69, 9.17) is 0 Å². The second-order valence-electron chi connectivity index (χ2n) is 7.17. The van der Waals surface area contributed by atoms with Gasteiger partial charge in [0.05, 0.1) is 12.0 Å². The van der Waals surface area contributed by atoms with E-state index in [0.717, 1.165) is 18.4 Å². The molecular formula is C22H24FNO3. The molecule has 0 saturated heterocycles. The summed E-state index contributed by atoms with van der Waals surface area (Å²) in [6.07, 6.45) is 4.40. The molecule has 2 aromatic carbocycles. The number of carboxylic acid groups (broad SMARTS) is 1. The summed E-state index contributed by atoms with van der Waals surface area (Å²) < 4.78 is 13.1. The first kappa shape index (κ1) is 19.1. The number of hydrogen-bond donors (Lipinski definition) is 2. The van der Waals surface area contributed by atoms with Gasteiger partial charge in [-0.25, -0.2) is 4.39 Å². The first-order chi connectivity index (χ1) is 12.9. The van der Waals surface area contributed by atoms with Gasteiger partial charge in [0.15, 0.2) is 0 Å². The van der Waals surface area contributed by atoms with E-state index in [9.17, 15) is 19.1 Å². The first-order valence-electron chi connectivity index (χ1n) is 9.33. The van der Waals surface area contributed by atoms with Gasteiger partial charge in [0.1, 0.15) is 5.82 Å². The van der Waals surface area contributed by atoms with Crippen LogP contribution in [0, 0.1) is 5.82 Å². The second kappa shape index (κ2) is 8.33. The van der Waals surface area contributed by atoms with E-state index in [1.54, 1.807) is 0 Å². The third-order valence-corrected chi connectivity index (χ3v) is 5.21. The largest absolute Gasteiger partial charge is 0.481 e. The van der Waals surface area contributed by atoms with Crippen molar-refractivity contribution in [2.45, 2.75) is 51.0 Å². The molecule has 2 aromatic rings. The summed E-state index contributed by atoms with van der Waals surface area (Å²) in [5.41, 5.74) is 4.17. The van der Waals surface area contributed by atoms with Crippen molar-refractivity contribution in [3.63, 3.8) is 0 Å². The highest BCUT2D eigenvalue weighted by molar-refractivity contribution is 5.85. The molecule has 2 N–H and O–H groups in total. The molecule has 27 heavy (non-hydrogen) atoms. The molecule has 0 radical (unpaired) electrons. The summed E-state index contributed by atoms with van der Waals surface area (Å²) >= 11 is 0. The Bertz CT molecular complexity index is 832. The van der Waals surface area contributed by atoms with Crippen molar-refractivity contribution in [2.24, 2.45) is 0 Å². The monoisotopic (exact) mass is 369 g/mol. The minimum absolute atomic E-state index is 0.184. The van der Waals surface area contributed by atoms with Crippen LogP contribution in [0.4, 0.5) is 4.39 Å². The zero-order valence-corrected chi connectivity index (χ0v) is 15.4. The molecule has 0 fully saturated rings. The summed E-state index contributed by atoms with van der Waals surface area (Å²) in [6.45, 7) is 1.90. The van der Waals surface area contributed by atoms with Crippen LogP contribution in [-0.2, 0) is 22.4 Å². The van der Waals surface area contributed by atoms with Crippen molar-refractivity contribution < 1.29 is 19.1 Å². The Morgan fingerprint density at radius 3 is 2.33 bits per heavy atom. The molecule has 0 heterocycles. The lowest BCUT2D eigenvalue weighted by molar-refractivity contribution is -0.140. The summed E-state index contributed by atoms with van der Waals surface area (Å²) in [6, 6.07) is 11.3. The van der Waals surface area contributed by atoms with Crippen LogP contribution in [0.3, 0.4) is 0 Å². The Morgan fingerprint density at radius 1 is 1.04 bits per heavy atom. The number of halogens is 1. The van der Waals surface area contributed by atoms with Gasteiger partial charge in [-0.3, -0.25) is 9.59 Å². The molecule has 1 aliphatic carbocycles. The van der Waals surface area contributed by atoms with Gasteiger partial charge in [0.25, 0.3) is 0 Å². The van der Waals surface area contributed by atoms with Gasteiger partial charge in [-0.2, -0.15) is 0 Å². The summed E-state index contributed by atoms with van der Waals surface area (Å²) in [4.78, 5) is 24.0. The lowest BCUT2D eigenvalue weighted by Crippen LogP contribution is -2.30. The highest BCUT2D eigenvalue weighted by atomic mass is 19.1. The van der Waals surface area contributed by atoms with Crippen LogP contribution in [0.25, 0.3) is 0 Å². The Labute approximate surface area is 158 Å². The first-order valence-corrected chi connectivity index (χ1v) is 9.33. The third kappa shape index (κ3) is 4.73. The van der Waals surface area contributed by atoms with Crippen molar-refractivity contribution in [1.82, 2.24) is 5.32 Å². The number of carbonyl (C=O) groups is 2. The van der Waals surface area contributed by atoms with Crippen molar-refractivity contribution >= 4 is 11.9 Å². The zero-order valence-electron chi connectivity index (χ0n) is 15.4. The summed E-state index contributed by atoms with van der Waals surface area (Å²) in [5.74, 6) is -2.87. The van der Waals surface area contributed by atoms with Gasteiger partial charge in [-0.1, -0.05) is 30.3 Å². The molecule has 0 spiro atoms.